The monoisotopic (exact) mass is 303 g/mol. The Morgan fingerprint density at radius 3 is 2.87 bits per heavy atom. The molecule has 5 heteroatoms. The van der Waals surface area contributed by atoms with Crippen LogP contribution in [0.25, 0.3) is 5.32 Å². The van der Waals surface area contributed by atoms with Gasteiger partial charge in [-0.2, -0.15) is 0 Å². The summed E-state index contributed by atoms with van der Waals surface area (Å²) in [6, 6.07) is 0. The third kappa shape index (κ3) is 3.25. The molecule has 1 unspecified atom stereocenters. The van der Waals surface area contributed by atoms with Crippen LogP contribution >= 0.6 is 11.8 Å². The zero-order valence-corrected chi connectivity index (χ0v) is 13.2. The van der Waals surface area contributed by atoms with Crippen LogP contribution in [0, 0.1) is 7.43 Å². The molecule has 0 aromatic rings. The van der Waals surface area contributed by atoms with Crippen LogP contribution in [0.3, 0.4) is 0 Å². The van der Waals surface area contributed by atoms with Crippen molar-refractivity contribution in [3.63, 3.8) is 0 Å². The molecular formula is C10H18N2OSY-2. The Labute approximate surface area is 122 Å². The first kappa shape index (κ1) is 16.0. The molecule has 0 N–H and O–H groups in total. The second kappa shape index (κ2) is 6.70. The number of thioether (sulfide) groups is 1. The fraction of sp³-hybridized carbons (Fsp3) is 0.800. The number of nitrogens with zero attached hydrogens (tertiary/aromatic N) is 2. The van der Waals surface area contributed by atoms with Gasteiger partial charge in [0.05, 0.1) is 11.4 Å². The summed E-state index contributed by atoms with van der Waals surface area (Å²) >= 11 is 1.51. The summed E-state index contributed by atoms with van der Waals surface area (Å²) in [5.74, 6) is 0. The Bertz CT molecular complexity index is 219. The second-order valence-corrected chi connectivity index (χ2v) is 5.06. The summed E-state index contributed by atoms with van der Waals surface area (Å²) < 4.78 is 0. The van der Waals surface area contributed by atoms with Crippen LogP contribution in [-0.2, 0) is 37.5 Å². The van der Waals surface area contributed by atoms with E-state index in [-0.39, 0.29) is 45.0 Å². The standard InChI is InChI=1S/C9H15N2OS.CH3.Y/c1-2-11-6-8(12)13-9(11)4-3-5-10-7-9;;/h2-7H2,1H3;1H3;/q2*-1;. The average molecular weight is 303 g/mol. The Kier molecular flexibility index (Phi) is 7.17. The maximum absolute atomic E-state index is 11.4. The van der Waals surface area contributed by atoms with E-state index < -0.39 is 0 Å². The SMILES string of the molecule is CCN1CC(=O)SC12CCC[N-]C2.[CH3-].[Y]. The number of hydrogen-bond donors (Lipinski definition) is 0. The van der Waals surface area contributed by atoms with Crippen LogP contribution in [0.5, 0.6) is 0 Å². The summed E-state index contributed by atoms with van der Waals surface area (Å²) in [6.07, 6.45) is 2.26. The molecule has 85 valence electrons. The molecular weight excluding hydrogens is 285 g/mol. The fourth-order valence-corrected chi connectivity index (χ4v) is 3.52. The third-order valence-corrected chi connectivity index (χ3v) is 4.15. The first-order valence-electron chi connectivity index (χ1n) is 4.87. The van der Waals surface area contributed by atoms with Crippen molar-refractivity contribution in [2.75, 3.05) is 26.2 Å². The molecule has 0 aromatic heterocycles. The van der Waals surface area contributed by atoms with E-state index in [1.165, 1.54) is 11.8 Å². The molecule has 2 aliphatic rings. The van der Waals surface area contributed by atoms with Gasteiger partial charge in [0.25, 0.3) is 0 Å². The van der Waals surface area contributed by atoms with Crippen molar-refractivity contribution in [1.29, 1.82) is 0 Å². The van der Waals surface area contributed by atoms with E-state index >= 15 is 0 Å². The molecule has 0 aromatic carbocycles. The van der Waals surface area contributed by atoms with E-state index in [0.29, 0.717) is 11.7 Å². The number of carbonyl (C=O) groups is 1. The van der Waals surface area contributed by atoms with Crippen molar-refractivity contribution in [1.82, 2.24) is 4.90 Å². The summed E-state index contributed by atoms with van der Waals surface area (Å²) in [6.45, 7) is 5.53. The normalized spacial score (nSPS) is 31.1. The average Bonchev–Trinajstić information content (AvgIpc) is 2.43. The molecule has 3 nitrogen and oxygen atoms in total. The molecule has 2 rings (SSSR count). The van der Waals surface area contributed by atoms with Gasteiger partial charge in [-0.15, -0.1) is 13.1 Å². The quantitative estimate of drug-likeness (QED) is 0.694. The molecule has 1 atom stereocenters. The fourth-order valence-electron chi connectivity index (χ4n) is 2.15. The third-order valence-electron chi connectivity index (χ3n) is 2.82. The maximum atomic E-state index is 11.4. The van der Waals surface area contributed by atoms with Gasteiger partial charge in [-0.25, -0.2) is 0 Å². The van der Waals surface area contributed by atoms with Gasteiger partial charge in [-0.1, -0.05) is 25.1 Å². The van der Waals surface area contributed by atoms with Gasteiger partial charge in [0.1, 0.15) is 0 Å². The minimum absolute atomic E-state index is 0. The topological polar surface area (TPSA) is 34.4 Å². The summed E-state index contributed by atoms with van der Waals surface area (Å²) in [4.78, 5) is 13.7. The molecule has 0 bridgehead atoms. The van der Waals surface area contributed by atoms with Crippen LogP contribution in [0.15, 0.2) is 0 Å². The Hall–Kier alpha value is 1.04. The minimum atomic E-state index is 0. The van der Waals surface area contributed by atoms with Gasteiger partial charge in [0, 0.05) is 32.7 Å². The Morgan fingerprint density at radius 1 is 1.60 bits per heavy atom. The largest absolute Gasteiger partial charge is 0.660 e. The van der Waals surface area contributed by atoms with Crippen LogP contribution in [0.1, 0.15) is 19.8 Å². The molecule has 2 heterocycles. The maximum Gasteiger partial charge on any atom is 0.204 e. The van der Waals surface area contributed by atoms with Gasteiger partial charge < -0.3 is 12.7 Å². The van der Waals surface area contributed by atoms with E-state index in [1.54, 1.807) is 0 Å². The number of hydrogen-bond acceptors (Lipinski definition) is 3. The number of rotatable bonds is 1. The van der Waals surface area contributed by atoms with E-state index in [2.05, 4.69) is 17.1 Å². The van der Waals surface area contributed by atoms with Gasteiger partial charge >= 0.3 is 0 Å². The molecule has 1 radical (unpaired) electrons. The van der Waals surface area contributed by atoms with Gasteiger partial charge in [0.15, 0.2) is 0 Å². The predicted molar refractivity (Wildman–Crippen MR) is 61.3 cm³/mol. The zero-order valence-electron chi connectivity index (χ0n) is 9.53. The molecule has 0 aliphatic carbocycles. The zero-order chi connectivity index (χ0) is 9.31. The van der Waals surface area contributed by atoms with Crippen molar-refractivity contribution >= 4 is 16.9 Å². The van der Waals surface area contributed by atoms with Crippen molar-refractivity contribution in [3.8, 4) is 0 Å². The Balaban J connectivity index is 0.000000980. The van der Waals surface area contributed by atoms with E-state index in [1.807, 2.05) is 0 Å². The summed E-state index contributed by atoms with van der Waals surface area (Å²) in [5, 5.41) is 4.75. The summed E-state index contributed by atoms with van der Waals surface area (Å²) in [5.41, 5.74) is 0. The van der Waals surface area contributed by atoms with Crippen molar-refractivity contribution in [2.24, 2.45) is 0 Å². The first-order valence-corrected chi connectivity index (χ1v) is 5.69. The number of piperidine rings is 1. The predicted octanol–water partition coefficient (Wildman–Crippen LogP) is 1.89. The van der Waals surface area contributed by atoms with Crippen LogP contribution in [0.2, 0.25) is 0 Å². The van der Waals surface area contributed by atoms with Gasteiger partial charge in [-0.05, 0) is 13.0 Å². The molecule has 2 saturated heterocycles. The van der Waals surface area contributed by atoms with Gasteiger partial charge in [0.2, 0.25) is 5.12 Å². The molecule has 0 amide bonds. The molecule has 2 aliphatic heterocycles. The summed E-state index contributed by atoms with van der Waals surface area (Å²) in [7, 11) is 0. The van der Waals surface area contributed by atoms with Gasteiger partial charge in [-0.3, -0.25) is 9.69 Å². The minimum Gasteiger partial charge on any atom is -0.660 e. The van der Waals surface area contributed by atoms with Crippen LogP contribution in [-0.4, -0.2) is 41.1 Å². The molecule has 0 saturated carbocycles. The van der Waals surface area contributed by atoms with Crippen molar-refractivity contribution < 1.29 is 37.5 Å². The first-order chi connectivity index (χ1) is 6.27. The second-order valence-electron chi connectivity index (χ2n) is 3.64. The number of carbonyl (C=O) groups excluding carboxylic acids is 1. The smallest absolute Gasteiger partial charge is 0.204 e. The van der Waals surface area contributed by atoms with E-state index in [9.17, 15) is 4.79 Å². The van der Waals surface area contributed by atoms with E-state index in [4.69, 9.17) is 0 Å². The molecule has 2 fully saturated rings. The van der Waals surface area contributed by atoms with Crippen LogP contribution in [0.4, 0.5) is 0 Å². The van der Waals surface area contributed by atoms with Crippen molar-refractivity contribution in [2.45, 2.75) is 24.6 Å². The number of likely N-dealkylation sites (N-methyl/N-ethyl adjacent to an activating group) is 1. The van der Waals surface area contributed by atoms with Crippen LogP contribution < -0.4 is 0 Å². The Morgan fingerprint density at radius 2 is 2.33 bits per heavy atom. The molecule has 15 heavy (non-hydrogen) atoms. The molecule has 1 spiro atoms. The van der Waals surface area contributed by atoms with Crippen molar-refractivity contribution in [3.05, 3.63) is 12.7 Å². The van der Waals surface area contributed by atoms with E-state index in [0.717, 1.165) is 32.5 Å².